The number of ketones is 1. The Kier molecular flexibility index (Phi) is 3.94. The van der Waals surface area contributed by atoms with Crippen molar-refractivity contribution in [3.63, 3.8) is 0 Å². The van der Waals surface area contributed by atoms with Gasteiger partial charge >= 0.3 is 6.36 Å². The third kappa shape index (κ3) is 3.71. The maximum Gasteiger partial charge on any atom is 0.573 e. The van der Waals surface area contributed by atoms with Gasteiger partial charge in [-0.2, -0.15) is 0 Å². The molecule has 1 aromatic carbocycles. The Morgan fingerprint density at radius 3 is 2.55 bits per heavy atom. The van der Waals surface area contributed by atoms with Crippen LogP contribution in [-0.2, 0) is 0 Å². The Balaban J connectivity index is 2.35. The Morgan fingerprint density at radius 1 is 1.20 bits per heavy atom. The van der Waals surface area contributed by atoms with Gasteiger partial charge in [-0.3, -0.25) is 9.78 Å². The Labute approximate surface area is 117 Å². The highest BCUT2D eigenvalue weighted by Crippen LogP contribution is 2.27. The first kappa shape index (κ1) is 14.3. The van der Waals surface area contributed by atoms with Gasteiger partial charge in [0.1, 0.15) is 5.75 Å². The third-order valence-corrected chi connectivity index (χ3v) is 2.51. The molecule has 0 aliphatic rings. The number of halogens is 4. The van der Waals surface area contributed by atoms with Crippen LogP contribution in [-0.4, -0.2) is 17.1 Å². The highest BCUT2D eigenvalue weighted by Gasteiger charge is 2.31. The molecule has 1 aromatic heterocycles. The largest absolute Gasteiger partial charge is 0.573 e. The average molecular weight is 302 g/mol. The van der Waals surface area contributed by atoms with E-state index in [-0.39, 0.29) is 16.1 Å². The second-order valence-corrected chi connectivity index (χ2v) is 4.23. The first-order valence-corrected chi connectivity index (χ1v) is 5.74. The molecule has 0 N–H and O–H groups in total. The van der Waals surface area contributed by atoms with Crippen molar-refractivity contribution in [1.29, 1.82) is 0 Å². The summed E-state index contributed by atoms with van der Waals surface area (Å²) < 4.78 is 40.3. The average Bonchev–Trinajstić information content (AvgIpc) is 2.36. The summed E-state index contributed by atoms with van der Waals surface area (Å²) in [5, 5.41) is -0.0287. The number of hydrogen-bond acceptors (Lipinski definition) is 3. The van der Waals surface area contributed by atoms with E-state index in [9.17, 15) is 18.0 Å². The molecule has 7 heteroatoms. The van der Waals surface area contributed by atoms with Crippen molar-refractivity contribution in [2.24, 2.45) is 0 Å². The quantitative estimate of drug-likeness (QED) is 0.808. The number of alkyl halides is 3. The van der Waals surface area contributed by atoms with E-state index >= 15 is 0 Å². The molecule has 2 aromatic rings. The van der Waals surface area contributed by atoms with E-state index in [0.717, 1.165) is 12.1 Å². The van der Waals surface area contributed by atoms with Crippen LogP contribution in [0.1, 0.15) is 15.9 Å². The third-order valence-electron chi connectivity index (χ3n) is 2.29. The number of pyridine rings is 1. The second-order valence-electron chi connectivity index (χ2n) is 3.79. The summed E-state index contributed by atoms with van der Waals surface area (Å²) in [5.41, 5.74) is 0.234. The standard InChI is InChI=1S/C13H7ClF3NO2/c14-10-4-9(5-11(6-10)20-13(15,16)17)12(19)8-2-1-3-18-7-8/h1-7H. The number of carbonyl (C=O) groups excluding carboxylic acids is 1. The fraction of sp³-hybridized carbons (Fsp3) is 0.0769. The van der Waals surface area contributed by atoms with Crippen LogP contribution in [0.4, 0.5) is 13.2 Å². The van der Waals surface area contributed by atoms with Crippen LogP contribution >= 0.6 is 11.6 Å². The summed E-state index contributed by atoms with van der Waals surface area (Å²) in [7, 11) is 0. The molecule has 1 heterocycles. The van der Waals surface area contributed by atoms with Gasteiger partial charge in [0.25, 0.3) is 0 Å². The van der Waals surface area contributed by atoms with E-state index in [1.54, 1.807) is 6.07 Å². The zero-order chi connectivity index (χ0) is 14.8. The summed E-state index contributed by atoms with van der Waals surface area (Å²) in [6, 6.07) is 6.27. The number of hydrogen-bond donors (Lipinski definition) is 0. The molecule has 0 saturated carbocycles. The lowest BCUT2D eigenvalue weighted by atomic mass is 10.1. The highest BCUT2D eigenvalue weighted by atomic mass is 35.5. The molecule has 0 unspecified atom stereocenters. The number of carbonyl (C=O) groups is 1. The van der Waals surface area contributed by atoms with Crippen LogP contribution in [0.2, 0.25) is 5.02 Å². The molecule has 0 saturated heterocycles. The van der Waals surface area contributed by atoms with Crippen molar-refractivity contribution in [2.75, 3.05) is 0 Å². The molecule has 0 aliphatic heterocycles. The van der Waals surface area contributed by atoms with Gasteiger partial charge in [0, 0.05) is 28.5 Å². The number of ether oxygens (including phenoxy) is 1. The van der Waals surface area contributed by atoms with E-state index < -0.39 is 17.9 Å². The van der Waals surface area contributed by atoms with E-state index in [0.29, 0.717) is 0 Å². The van der Waals surface area contributed by atoms with Crippen molar-refractivity contribution >= 4 is 17.4 Å². The van der Waals surface area contributed by atoms with Gasteiger partial charge in [0.2, 0.25) is 0 Å². The molecular formula is C13H7ClF3NO2. The Bertz CT molecular complexity index is 629. The molecule has 0 fully saturated rings. The fourth-order valence-electron chi connectivity index (χ4n) is 1.55. The molecular weight excluding hydrogens is 295 g/mol. The number of nitrogens with zero attached hydrogens (tertiary/aromatic N) is 1. The SMILES string of the molecule is O=C(c1cccnc1)c1cc(Cl)cc(OC(F)(F)F)c1. The maximum absolute atomic E-state index is 12.2. The van der Waals surface area contributed by atoms with Crippen molar-refractivity contribution in [3.8, 4) is 5.75 Å². The van der Waals surface area contributed by atoms with Crippen molar-refractivity contribution < 1.29 is 22.7 Å². The second kappa shape index (κ2) is 5.50. The summed E-state index contributed by atoms with van der Waals surface area (Å²) in [6.07, 6.45) is -2.06. The zero-order valence-electron chi connectivity index (χ0n) is 9.82. The van der Waals surface area contributed by atoms with Crippen molar-refractivity contribution in [1.82, 2.24) is 4.98 Å². The van der Waals surface area contributed by atoms with Gasteiger partial charge in [0.15, 0.2) is 5.78 Å². The summed E-state index contributed by atoms with van der Waals surface area (Å²) in [6.45, 7) is 0. The van der Waals surface area contributed by atoms with E-state index in [4.69, 9.17) is 11.6 Å². The van der Waals surface area contributed by atoms with Gasteiger partial charge in [-0.1, -0.05) is 11.6 Å². The first-order chi connectivity index (χ1) is 9.35. The predicted molar refractivity (Wildman–Crippen MR) is 65.8 cm³/mol. The minimum absolute atomic E-state index is 0.00949. The summed E-state index contributed by atoms with van der Waals surface area (Å²) in [5.74, 6) is -1.04. The Hall–Kier alpha value is -2.08. The number of aromatic nitrogens is 1. The van der Waals surface area contributed by atoms with E-state index in [1.165, 1.54) is 24.5 Å². The maximum atomic E-state index is 12.2. The van der Waals surface area contributed by atoms with Gasteiger partial charge in [-0.15, -0.1) is 13.2 Å². The molecule has 3 nitrogen and oxygen atoms in total. The predicted octanol–water partition coefficient (Wildman–Crippen LogP) is 3.86. The van der Waals surface area contributed by atoms with E-state index in [1.807, 2.05) is 0 Å². The monoisotopic (exact) mass is 301 g/mol. The van der Waals surface area contributed by atoms with Gasteiger partial charge in [0.05, 0.1) is 0 Å². The highest BCUT2D eigenvalue weighted by molar-refractivity contribution is 6.31. The molecule has 0 spiro atoms. The molecule has 0 aliphatic carbocycles. The number of rotatable bonds is 3. The molecule has 104 valence electrons. The lowest BCUT2D eigenvalue weighted by Gasteiger charge is -2.10. The zero-order valence-corrected chi connectivity index (χ0v) is 10.6. The molecule has 0 amide bonds. The van der Waals surface area contributed by atoms with Crippen molar-refractivity contribution in [3.05, 3.63) is 58.9 Å². The van der Waals surface area contributed by atoms with Crippen LogP contribution in [0, 0.1) is 0 Å². The lowest BCUT2D eigenvalue weighted by Crippen LogP contribution is -2.17. The summed E-state index contributed by atoms with van der Waals surface area (Å²) >= 11 is 5.70. The molecule has 2 rings (SSSR count). The Morgan fingerprint density at radius 2 is 1.95 bits per heavy atom. The summed E-state index contributed by atoms with van der Waals surface area (Å²) in [4.78, 5) is 15.9. The smallest absolute Gasteiger partial charge is 0.406 e. The minimum atomic E-state index is -4.85. The van der Waals surface area contributed by atoms with Gasteiger partial charge in [-0.25, -0.2) is 0 Å². The normalized spacial score (nSPS) is 11.2. The fourth-order valence-corrected chi connectivity index (χ4v) is 1.78. The van der Waals surface area contributed by atoms with E-state index in [2.05, 4.69) is 9.72 Å². The van der Waals surface area contributed by atoms with Crippen LogP contribution in [0.3, 0.4) is 0 Å². The van der Waals surface area contributed by atoms with Crippen molar-refractivity contribution in [2.45, 2.75) is 6.36 Å². The molecule has 0 bridgehead atoms. The molecule has 20 heavy (non-hydrogen) atoms. The van der Waals surface area contributed by atoms with Crippen LogP contribution < -0.4 is 4.74 Å². The topological polar surface area (TPSA) is 39.2 Å². The van der Waals surface area contributed by atoms with Crippen LogP contribution in [0.15, 0.2) is 42.7 Å². The lowest BCUT2D eigenvalue weighted by molar-refractivity contribution is -0.274. The van der Waals surface area contributed by atoms with Gasteiger partial charge in [-0.05, 0) is 30.3 Å². The first-order valence-electron chi connectivity index (χ1n) is 5.36. The number of benzene rings is 1. The van der Waals surface area contributed by atoms with Crippen LogP contribution in [0.25, 0.3) is 0 Å². The molecule has 0 atom stereocenters. The van der Waals surface area contributed by atoms with Gasteiger partial charge < -0.3 is 4.74 Å². The molecule has 0 radical (unpaired) electrons. The van der Waals surface area contributed by atoms with Crippen LogP contribution in [0.5, 0.6) is 5.75 Å². The minimum Gasteiger partial charge on any atom is -0.406 e.